The summed E-state index contributed by atoms with van der Waals surface area (Å²) in [7, 11) is 5.69. The van der Waals surface area contributed by atoms with Gasteiger partial charge in [0.1, 0.15) is 11.2 Å². The molecular weight excluding hydrogens is 364 g/mol. The van der Waals surface area contributed by atoms with Crippen LogP contribution in [0.4, 0.5) is 11.5 Å². The van der Waals surface area contributed by atoms with Crippen molar-refractivity contribution < 1.29 is 0 Å². The highest BCUT2D eigenvalue weighted by Crippen LogP contribution is 2.27. The summed E-state index contributed by atoms with van der Waals surface area (Å²) < 4.78 is 1.47. The third kappa shape index (κ3) is 3.80. The molecule has 4 aromatic rings. The number of pyridine rings is 2. The van der Waals surface area contributed by atoms with Gasteiger partial charge in [0.2, 0.25) is 0 Å². The molecule has 0 aliphatic rings. The van der Waals surface area contributed by atoms with E-state index in [0.29, 0.717) is 23.3 Å². The number of benzene rings is 1. The SMILES string of the molecule is CN(C)c1cccc(-c2cc3ncn(C)c(=O)c3c(NCc3ccncc3)n2)c1. The van der Waals surface area contributed by atoms with Crippen LogP contribution in [0.25, 0.3) is 22.2 Å². The minimum absolute atomic E-state index is 0.131. The zero-order valence-electron chi connectivity index (χ0n) is 16.6. The molecule has 0 bridgehead atoms. The van der Waals surface area contributed by atoms with Crippen molar-refractivity contribution in [2.24, 2.45) is 7.05 Å². The predicted molar refractivity (Wildman–Crippen MR) is 116 cm³/mol. The van der Waals surface area contributed by atoms with Crippen LogP contribution >= 0.6 is 0 Å². The molecule has 0 aliphatic heterocycles. The summed E-state index contributed by atoms with van der Waals surface area (Å²) in [6.45, 7) is 0.532. The second-order valence-electron chi connectivity index (χ2n) is 7.06. The summed E-state index contributed by atoms with van der Waals surface area (Å²) in [6.07, 6.45) is 5.02. The van der Waals surface area contributed by atoms with Crippen LogP contribution in [0, 0.1) is 0 Å². The Bertz CT molecular complexity index is 1220. The van der Waals surface area contributed by atoms with Gasteiger partial charge in [-0.05, 0) is 35.9 Å². The number of aryl methyl sites for hydroxylation is 1. The Morgan fingerprint density at radius 3 is 2.66 bits per heavy atom. The number of fused-ring (bicyclic) bond motifs is 1. The van der Waals surface area contributed by atoms with Crippen LogP contribution in [-0.2, 0) is 13.6 Å². The van der Waals surface area contributed by atoms with Gasteiger partial charge in [0, 0.05) is 51.3 Å². The van der Waals surface area contributed by atoms with Crippen molar-refractivity contribution >= 4 is 22.4 Å². The van der Waals surface area contributed by atoms with Crippen molar-refractivity contribution in [3.8, 4) is 11.3 Å². The van der Waals surface area contributed by atoms with Crippen LogP contribution in [0.1, 0.15) is 5.56 Å². The monoisotopic (exact) mass is 386 g/mol. The Morgan fingerprint density at radius 1 is 1.10 bits per heavy atom. The van der Waals surface area contributed by atoms with Crippen molar-refractivity contribution in [2.45, 2.75) is 6.54 Å². The van der Waals surface area contributed by atoms with E-state index >= 15 is 0 Å². The highest BCUT2D eigenvalue weighted by atomic mass is 16.1. The molecule has 0 spiro atoms. The lowest BCUT2D eigenvalue weighted by atomic mass is 10.1. The van der Waals surface area contributed by atoms with Crippen LogP contribution in [0.15, 0.2) is 66.0 Å². The first-order chi connectivity index (χ1) is 14.0. The minimum Gasteiger partial charge on any atom is -0.378 e. The number of rotatable bonds is 5. The van der Waals surface area contributed by atoms with E-state index in [9.17, 15) is 4.79 Å². The Hall–Kier alpha value is -3.74. The van der Waals surface area contributed by atoms with E-state index in [4.69, 9.17) is 4.98 Å². The maximum atomic E-state index is 12.8. The highest BCUT2D eigenvalue weighted by molar-refractivity contribution is 5.91. The highest BCUT2D eigenvalue weighted by Gasteiger charge is 2.13. The molecule has 3 heterocycles. The summed E-state index contributed by atoms with van der Waals surface area (Å²) in [4.78, 5) is 28.1. The molecule has 0 saturated carbocycles. The molecule has 0 saturated heterocycles. The zero-order valence-corrected chi connectivity index (χ0v) is 16.6. The average Bonchev–Trinajstić information content (AvgIpc) is 2.75. The molecule has 1 N–H and O–H groups in total. The van der Waals surface area contributed by atoms with E-state index in [1.54, 1.807) is 19.4 Å². The molecule has 0 atom stereocenters. The van der Waals surface area contributed by atoms with E-state index in [1.807, 2.05) is 55.4 Å². The van der Waals surface area contributed by atoms with E-state index in [0.717, 1.165) is 22.5 Å². The fourth-order valence-electron chi connectivity index (χ4n) is 3.13. The molecule has 0 radical (unpaired) electrons. The van der Waals surface area contributed by atoms with Crippen LogP contribution in [0.5, 0.6) is 0 Å². The lowest BCUT2D eigenvalue weighted by Crippen LogP contribution is -2.19. The molecule has 0 aliphatic carbocycles. The largest absolute Gasteiger partial charge is 0.378 e. The van der Waals surface area contributed by atoms with E-state index in [2.05, 4.69) is 21.4 Å². The molecule has 1 aromatic carbocycles. The molecule has 0 fully saturated rings. The topological polar surface area (TPSA) is 75.9 Å². The summed E-state index contributed by atoms with van der Waals surface area (Å²) in [5.74, 6) is 0.526. The van der Waals surface area contributed by atoms with Gasteiger partial charge in [0.25, 0.3) is 5.56 Å². The smallest absolute Gasteiger partial charge is 0.264 e. The number of hydrogen-bond donors (Lipinski definition) is 1. The first kappa shape index (κ1) is 18.6. The number of nitrogens with one attached hydrogen (secondary N) is 1. The lowest BCUT2D eigenvalue weighted by Gasteiger charge is -2.15. The fourth-order valence-corrected chi connectivity index (χ4v) is 3.13. The second kappa shape index (κ2) is 7.71. The van der Waals surface area contributed by atoms with Gasteiger partial charge in [0.05, 0.1) is 17.5 Å². The Balaban J connectivity index is 1.84. The normalized spacial score (nSPS) is 10.9. The lowest BCUT2D eigenvalue weighted by molar-refractivity contribution is 0.842. The Kier molecular flexibility index (Phi) is 4.95. The van der Waals surface area contributed by atoms with Crippen molar-refractivity contribution in [1.82, 2.24) is 19.5 Å². The zero-order chi connectivity index (χ0) is 20.4. The van der Waals surface area contributed by atoms with Crippen LogP contribution in [0.2, 0.25) is 0 Å². The second-order valence-corrected chi connectivity index (χ2v) is 7.06. The van der Waals surface area contributed by atoms with Crippen molar-refractivity contribution in [3.05, 3.63) is 77.1 Å². The van der Waals surface area contributed by atoms with Gasteiger partial charge in [-0.15, -0.1) is 0 Å². The molecule has 7 nitrogen and oxygen atoms in total. The Morgan fingerprint density at radius 2 is 1.90 bits per heavy atom. The van der Waals surface area contributed by atoms with Crippen LogP contribution in [0.3, 0.4) is 0 Å². The van der Waals surface area contributed by atoms with Crippen LogP contribution in [-0.4, -0.2) is 33.6 Å². The van der Waals surface area contributed by atoms with Gasteiger partial charge in [-0.25, -0.2) is 9.97 Å². The summed E-state index contributed by atoms with van der Waals surface area (Å²) in [6, 6.07) is 13.8. The van der Waals surface area contributed by atoms with Gasteiger partial charge in [0.15, 0.2) is 0 Å². The standard InChI is InChI=1S/C22H22N6O/c1-27(2)17-6-4-5-16(11-17)18-12-19-20(22(29)28(3)14-25-19)21(26-18)24-13-15-7-9-23-10-8-15/h4-12,14H,13H2,1-3H3,(H,24,26). The Labute approximate surface area is 168 Å². The molecule has 3 aromatic heterocycles. The maximum Gasteiger partial charge on any atom is 0.264 e. The molecule has 0 amide bonds. The molecule has 4 rings (SSSR count). The first-order valence-corrected chi connectivity index (χ1v) is 9.30. The third-order valence-electron chi connectivity index (χ3n) is 4.77. The molecule has 7 heteroatoms. The quantitative estimate of drug-likeness (QED) is 0.568. The van der Waals surface area contributed by atoms with Gasteiger partial charge < -0.3 is 14.8 Å². The van der Waals surface area contributed by atoms with Gasteiger partial charge >= 0.3 is 0 Å². The van der Waals surface area contributed by atoms with Gasteiger partial charge in [-0.3, -0.25) is 9.78 Å². The third-order valence-corrected chi connectivity index (χ3v) is 4.77. The minimum atomic E-state index is -0.131. The van der Waals surface area contributed by atoms with Gasteiger partial charge in [-0.2, -0.15) is 0 Å². The van der Waals surface area contributed by atoms with Crippen molar-refractivity contribution in [2.75, 3.05) is 24.3 Å². The number of aromatic nitrogens is 4. The first-order valence-electron chi connectivity index (χ1n) is 9.30. The maximum absolute atomic E-state index is 12.8. The van der Waals surface area contributed by atoms with Crippen molar-refractivity contribution in [3.63, 3.8) is 0 Å². The summed E-state index contributed by atoms with van der Waals surface area (Å²) in [5.41, 5.74) is 4.34. The average molecular weight is 386 g/mol. The molecule has 146 valence electrons. The number of hydrogen-bond acceptors (Lipinski definition) is 6. The molecule has 29 heavy (non-hydrogen) atoms. The fraction of sp³-hybridized carbons (Fsp3) is 0.182. The van der Waals surface area contributed by atoms with Crippen LogP contribution < -0.4 is 15.8 Å². The number of anilines is 2. The molecule has 0 unspecified atom stereocenters. The summed E-state index contributed by atoms with van der Waals surface area (Å²) in [5, 5.41) is 3.80. The van der Waals surface area contributed by atoms with Gasteiger partial charge in [-0.1, -0.05) is 12.1 Å². The van der Waals surface area contributed by atoms with E-state index < -0.39 is 0 Å². The van der Waals surface area contributed by atoms with E-state index in [1.165, 1.54) is 10.9 Å². The number of nitrogens with zero attached hydrogens (tertiary/aromatic N) is 5. The van der Waals surface area contributed by atoms with E-state index in [-0.39, 0.29) is 5.56 Å². The summed E-state index contributed by atoms with van der Waals surface area (Å²) >= 11 is 0. The predicted octanol–water partition coefficient (Wildman–Crippen LogP) is 3.07. The molecular formula is C22H22N6O. The van der Waals surface area contributed by atoms with Crippen molar-refractivity contribution in [1.29, 1.82) is 0 Å².